The molecule has 20 heavy (non-hydrogen) atoms. The molecular formula is C13H11N5O2. The van der Waals surface area contributed by atoms with E-state index in [4.69, 9.17) is 20.5 Å². The molecule has 7 heteroatoms. The van der Waals surface area contributed by atoms with Gasteiger partial charge in [-0.25, -0.2) is 9.97 Å². The summed E-state index contributed by atoms with van der Waals surface area (Å²) in [6.07, 6.45) is 0.0177. The predicted molar refractivity (Wildman–Crippen MR) is 65.7 cm³/mol. The quantitative estimate of drug-likeness (QED) is 0.723. The van der Waals surface area contributed by atoms with E-state index in [0.29, 0.717) is 11.4 Å². The molecule has 1 heterocycles. The van der Waals surface area contributed by atoms with Gasteiger partial charge in [0.05, 0.1) is 49.0 Å². The summed E-state index contributed by atoms with van der Waals surface area (Å²) >= 11 is 0. The number of nitriles is 3. The van der Waals surface area contributed by atoms with Crippen LogP contribution in [0.1, 0.15) is 30.1 Å². The van der Waals surface area contributed by atoms with Gasteiger partial charge in [0.25, 0.3) is 0 Å². The van der Waals surface area contributed by atoms with Gasteiger partial charge < -0.3 is 4.74 Å². The Hall–Kier alpha value is -2.98. The minimum Gasteiger partial charge on any atom is -0.465 e. The minimum absolute atomic E-state index is 0.00885. The van der Waals surface area contributed by atoms with Crippen molar-refractivity contribution in [2.24, 2.45) is 0 Å². The smallest absolute Gasteiger partial charge is 0.331 e. The molecule has 100 valence electrons. The Morgan fingerprint density at radius 2 is 1.80 bits per heavy atom. The standard InChI is InChI=1S/C13H11N5O2/c1-2-20-13(19)11(8-16)12-17-9(3-5-14)7-10(18-12)4-6-15/h7,11H,2-4H2,1H3. The van der Waals surface area contributed by atoms with Crippen LogP contribution in [-0.2, 0) is 22.4 Å². The molecule has 0 aliphatic carbocycles. The lowest BCUT2D eigenvalue weighted by atomic mass is 10.1. The Kier molecular flexibility index (Phi) is 5.62. The molecule has 1 unspecified atom stereocenters. The normalized spacial score (nSPS) is 10.7. The van der Waals surface area contributed by atoms with Crippen molar-refractivity contribution in [3.05, 3.63) is 23.3 Å². The summed E-state index contributed by atoms with van der Waals surface area (Å²) in [6.45, 7) is 1.76. The fourth-order valence-corrected chi connectivity index (χ4v) is 1.49. The first-order valence-corrected chi connectivity index (χ1v) is 5.83. The van der Waals surface area contributed by atoms with Gasteiger partial charge in [0.15, 0.2) is 5.82 Å². The highest BCUT2D eigenvalue weighted by atomic mass is 16.5. The van der Waals surface area contributed by atoms with Crippen LogP contribution in [0, 0.1) is 34.0 Å². The Morgan fingerprint density at radius 3 is 2.20 bits per heavy atom. The highest BCUT2D eigenvalue weighted by molar-refractivity contribution is 5.80. The molecule has 7 nitrogen and oxygen atoms in total. The van der Waals surface area contributed by atoms with E-state index >= 15 is 0 Å². The molecule has 0 fully saturated rings. The highest BCUT2D eigenvalue weighted by Crippen LogP contribution is 2.15. The van der Waals surface area contributed by atoms with Crippen molar-refractivity contribution in [2.45, 2.75) is 25.7 Å². The topological polar surface area (TPSA) is 123 Å². The summed E-state index contributed by atoms with van der Waals surface area (Å²) in [6, 6.07) is 7.12. The molecule has 0 N–H and O–H groups in total. The number of ether oxygens (including phenoxy) is 1. The number of nitrogens with zero attached hydrogens (tertiary/aromatic N) is 5. The van der Waals surface area contributed by atoms with Gasteiger partial charge in [-0.2, -0.15) is 15.8 Å². The Morgan fingerprint density at radius 1 is 1.25 bits per heavy atom. The van der Waals surface area contributed by atoms with Crippen LogP contribution >= 0.6 is 0 Å². The van der Waals surface area contributed by atoms with Crippen molar-refractivity contribution in [2.75, 3.05) is 6.61 Å². The first kappa shape index (κ1) is 15.1. The van der Waals surface area contributed by atoms with Crippen molar-refractivity contribution < 1.29 is 9.53 Å². The molecule has 0 aliphatic heterocycles. The van der Waals surface area contributed by atoms with E-state index < -0.39 is 11.9 Å². The van der Waals surface area contributed by atoms with Gasteiger partial charge in [-0.1, -0.05) is 0 Å². The fraction of sp³-hybridized carbons (Fsp3) is 0.385. The summed E-state index contributed by atoms with van der Waals surface area (Å²) in [5.74, 6) is -2.04. The van der Waals surface area contributed by atoms with Gasteiger partial charge in [0.1, 0.15) is 0 Å². The van der Waals surface area contributed by atoms with E-state index in [1.54, 1.807) is 13.0 Å². The van der Waals surface area contributed by atoms with Gasteiger partial charge >= 0.3 is 5.97 Å². The molecule has 0 spiro atoms. The number of hydrogen-bond donors (Lipinski definition) is 0. The van der Waals surface area contributed by atoms with Crippen LogP contribution in [0.15, 0.2) is 6.07 Å². The zero-order valence-electron chi connectivity index (χ0n) is 10.8. The third-order valence-corrected chi connectivity index (χ3v) is 2.28. The molecular weight excluding hydrogens is 258 g/mol. The SMILES string of the molecule is CCOC(=O)C(C#N)c1nc(CC#N)cc(CC#N)n1. The number of aromatic nitrogens is 2. The summed E-state index contributed by atoms with van der Waals surface area (Å²) in [5.41, 5.74) is 0.736. The maximum atomic E-state index is 11.7. The van der Waals surface area contributed by atoms with Gasteiger partial charge in [-0.15, -0.1) is 0 Å². The Labute approximate surface area is 116 Å². The number of rotatable bonds is 5. The first-order chi connectivity index (χ1) is 9.65. The zero-order chi connectivity index (χ0) is 15.0. The van der Waals surface area contributed by atoms with Crippen molar-refractivity contribution in [3.63, 3.8) is 0 Å². The Balaban J connectivity index is 3.21. The van der Waals surface area contributed by atoms with Gasteiger partial charge in [-0.05, 0) is 13.0 Å². The molecule has 0 saturated carbocycles. The molecule has 0 saturated heterocycles. The second-order valence-corrected chi connectivity index (χ2v) is 3.69. The maximum absolute atomic E-state index is 11.7. The molecule has 0 bridgehead atoms. The van der Waals surface area contributed by atoms with Gasteiger partial charge in [0.2, 0.25) is 5.92 Å². The van der Waals surface area contributed by atoms with E-state index in [9.17, 15) is 4.79 Å². The number of carbonyl (C=O) groups excluding carboxylic acids is 1. The van der Waals surface area contributed by atoms with Gasteiger partial charge in [-0.3, -0.25) is 4.79 Å². The van der Waals surface area contributed by atoms with Crippen molar-refractivity contribution in [1.82, 2.24) is 9.97 Å². The lowest BCUT2D eigenvalue weighted by molar-refractivity contribution is -0.143. The molecule has 0 aromatic carbocycles. The average molecular weight is 269 g/mol. The van der Waals surface area contributed by atoms with E-state index in [0.717, 1.165) is 0 Å². The summed E-state index contributed by atoms with van der Waals surface area (Å²) < 4.78 is 4.78. The molecule has 0 aliphatic rings. The molecule has 1 atom stereocenters. The highest BCUT2D eigenvalue weighted by Gasteiger charge is 2.25. The van der Waals surface area contributed by atoms with Crippen molar-refractivity contribution >= 4 is 5.97 Å². The lowest BCUT2D eigenvalue weighted by Crippen LogP contribution is -2.18. The third-order valence-electron chi connectivity index (χ3n) is 2.28. The van der Waals surface area contributed by atoms with E-state index in [1.807, 2.05) is 12.1 Å². The van der Waals surface area contributed by atoms with Crippen molar-refractivity contribution in [3.8, 4) is 18.2 Å². The van der Waals surface area contributed by atoms with E-state index in [1.165, 1.54) is 6.07 Å². The zero-order valence-corrected chi connectivity index (χ0v) is 10.8. The van der Waals surface area contributed by atoms with Crippen LogP contribution in [0.4, 0.5) is 0 Å². The summed E-state index contributed by atoms with van der Waals surface area (Å²) in [4.78, 5) is 19.7. The number of esters is 1. The lowest BCUT2D eigenvalue weighted by Gasteiger charge is -2.09. The van der Waals surface area contributed by atoms with Crippen LogP contribution in [0.5, 0.6) is 0 Å². The summed E-state index contributed by atoms with van der Waals surface area (Å²) in [5, 5.41) is 26.4. The molecule has 0 radical (unpaired) electrons. The van der Waals surface area contributed by atoms with Crippen LogP contribution in [-0.4, -0.2) is 22.5 Å². The largest absolute Gasteiger partial charge is 0.465 e. The fourth-order valence-electron chi connectivity index (χ4n) is 1.49. The second-order valence-electron chi connectivity index (χ2n) is 3.69. The maximum Gasteiger partial charge on any atom is 0.331 e. The third kappa shape index (κ3) is 3.76. The molecule has 1 rings (SSSR count). The average Bonchev–Trinajstić information content (AvgIpc) is 2.40. The van der Waals surface area contributed by atoms with E-state index in [2.05, 4.69) is 9.97 Å². The second kappa shape index (κ2) is 7.45. The van der Waals surface area contributed by atoms with Crippen LogP contribution < -0.4 is 0 Å². The summed E-state index contributed by atoms with van der Waals surface area (Å²) in [7, 11) is 0. The predicted octanol–water partition coefficient (Wildman–Crippen LogP) is 0.779. The monoisotopic (exact) mass is 269 g/mol. The number of carbonyl (C=O) groups is 1. The minimum atomic E-state index is -1.26. The first-order valence-electron chi connectivity index (χ1n) is 5.83. The molecule has 1 aromatic heterocycles. The van der Waals surface area contributed by atoms with Crippen molar-refractivity contribution in [1.29, 1.82) is 15.8 Å². The molecule has 1 aromatic rings. The number of hydrogen-bond acceptors (Lipinski definition) is 7. The van der Waals surface area contributed by atoms with E-state index in [-0.39, 0.29) is 25.3 Å². The van der Waals surface area contributed by atoms with Gasteiger partial charge in [0, 0.05) is 0 Å². The Bertz CT molecular complexity index is 587. The van der Waals surface area contributed by atoms with Crippen LogP contribution in [0.2, 0.25) is 0 Å². The van der Waals surface area contributed by atoms with Crippen LogP contribution in [0.3, 0.4) is 0 Å². The molecule has 0 amide bonds. The van der Waals surface area contributed by atoms with Crippen LogP contribution in [0.25, 0.3) is 0 Å².